The van der Waals surface area contributed by atoms with Crippen molar-refractivity contribution in [2.45, 2.75) is 13.8 Å². The first-order valence-electron chi connectivity index (χ1n) is 12.2. The van der Waals surface area contributed by atoms with Gasteiger partial charge >= 0.3 is 0 Å². The van der Waals surface area contributed by atoms with Crippen molar-refractivity contribution in [2.75, 3.05) is 31.1 Å². The highest BCUT2D eigenvalue weighted by molar-refractivity contribution is 6.04. The van der Waals surface area contributed by atoms with Gasteiger partial charge in [0.1, 0.15) is 28.7 Å². The number of amides is 1. The van der Waals surface area contributed by atoms with Crippen molar-refractivity contribution in [3.8, 4) is 16.9 Å². The highest BCUT2D eigenvalue weighted by Gasteiger charge is 2.25. The van der Waals surface area contributed by atoms with Crippen molar-refractivity contribution in [3.05, 3.63) is 65.7 Å². The van der Waals surface area contributed by atoms with Crippen molar-refractivity contribution in [1.82, 2.24) is 29.4 Å². The smallest absolute Gasteiger partial charge is 0.219 e. The molecule has 5 aromatic rings. The zero-order chi connectivity index (χ0) is 26.7. The molecule has 0 atom stereocenters. The molecule has 194 valence electrons. The molecule has 4 heterocycles. The lowest BCUT2D eigenvalue weighted by Crippen LogP contribution is -2.48. The molecule has 1 amide bonds. The van der Waals surface area contributed by atoms with Crippen LogP contribution in [0.1, 0.15) is 12.5 Å². The molecule has 8 nitrogen and oxygen atoms in total. The first kappa shape index (κ1) is 24.0. The van der Waals surface area contributed by atoms with E-state index in [1.165, 1.54) is 23.0 Å². The molecule has 0 saturated carbocycles. The predicted octanol–water partition coefficient (Wildman–Crippen LogP) is 4.37. The van der Waals surface area contributed by atoms with Crippen molar-refractivity contribution in [2.24, 2.45) is 7.05 Å². The number of anilines is 1. The summed E-state index contributed by atoms with van der Waals surface area (Å²) in [5.74, 6) is -1.26. The van der Waals surface area contributed by atoms with Gasteiger partial charge in [0.05, 0.1) is 17.4 Å². The molecule has 38 heavy (non-hydrogen) atoms. The van der Waals surface area contributed by atoms with E-state index in [1.807, 2.05) is 12.1 Å². The molecule has 1 aliphatic heterocycles. The summed E-state index contributed by atoms with van der Waals surface area (Å²) >= 11 is 0. The fraction of sp³-hybridized carbons (Fsp3) is 0.259. The van der Waals surface area contributed by atoms with Gasteiger partial charge in [0.2, 0.25) is 5.91 Å². The van der Waals surface area contributed by atoms with E-state index in [9.17, 15) is 13.6 Å². The summed E-state index contributed by atoms with van der Waals surface area (Å²) in [5.41, 5.74) is 2.04. The third-order valence-corrected chi connectivity index (χ3v) is 7.01. The van der Waals surface area contributed by atoms with E-state index in [1.54, 1.807) is 36.7 Å². The van der Waals surface area contributed by atoms with Crippen LogP contribution in [0.4, 0.5) is 19.0 Å². The number of carbonyl (C=O) groups excluding carboxylic acids is 1. The lowest BCUT2D eigenvalue weighted by Gasteiger charge is -2.34. The van der Waals surface area contributed by atoms with Crippen molar-refractivity contribution in [3.63, 3.8) is 0 Å². The molecule has 11 heteroatoms. The van der Waals surface area contributed by atoms with Gasteiger partial charge in [0.25, 0.3) is 0 Å². The van der Waals surface area contributed by atoms with Crippen molar-refractivity contribution < 1.29 is 18.0 Å². The Hall–Kier alpha value is -4.41. The summed E-state index contributed by atoms with van der Waals surface area (Å²) in [6.07, 6.45) is 3.18. The third-order valence-electron chi connectivity index (χ3n) is 7.01. The Morgan fingerprint density at radius 1 is 0.947 bits per heavy atom. The lowest BCUT2D eigenvalue weighted by molar-refractivity contribution is -0.129. The highest BCUT2D eigenvalue weighted by atomic mass is 19.1. The van der Waals surface area contributed by atoms with Crippen LogP contribution in [0, 0.1) is 24.4 Å². The van der Waals surface area contributed by atoms with Crippen LogP contribution in [0.2, 0.25) is 0 Å². The molecule has 2 aromatic carbocycles. The fourth-order valence-corrected chi connectivity index (χ4v) is 5.18. The molecule has 1 fully saturated rings. The molecule has 1 saturated heterocycles. The number of pyridine rings is 1. The molecule has 0 aliphatic carbocycles. The Morgan fingerprint density at radius 2 is 1.71 bits per heavy atom. The van der Waals surface area contributed by atoms with Crippen LogP contribution in [0.5, 0.6) is 0 Å². The zero-order valence-corrected chi connectivity index (χ0v) is 21.0. The van der Waals surface area contributed by atoms with Crippen LogP contribution in [0.15, 0.2) is 42.7 Å². The number of hydrogen-bond donors (Lipinski definition) is 0. The van der Waals surface area contributed by atoms with Gasteiger partial charge in [0.15, 0.2) is 5.82 Å². The van der Waals surface area contributed by atoms with Gasteiger partial charge in [-0.15, -0.1) is 0 Å². The van der Waals surface area contributed by atoms with E-state index >= 15 is 4.39 Å². The van der Waals surface area contributed by atoms with Gasteiger partial charge in [0, 0.05) is 68.7 Å². The van der Waals surface area contributed by atoms with Crippen LogP contribution in [0.3, 0.4) is 0 Å². The standard InChI is InChI=1S/C27H24F3N7O/c1-15-10-17(28)11-19-26(24-20-14-34(3)32-25(20)22(30)12-21(24)29)33-37(27(15)19)18-4-5-23(31-13-18)36-8-6-35(7-9-36)16(2)38/h4-5,10-14H,6-9H2,1-3H3. The van der Waals surface area contributed by atoms with E-state index < -0.39 is 17.5 Å². The molecule has 0 bridgehead atoms. The Kier molecular flexibility index (Phi) is 5.59. The van der Waals surface area contributed by atoms with E-state index in [0.717, 1.165) is 11.9 Å². The zero-order valence-electron chi connectivity index (χ0n) is 21.0. The molecule has 0 N–H and O–H groups in total. The van der Waals surface area contributed by atoms with Crippen LogP contribution < -0.4 is 4.90 Å². The first-order valence-corrected chi connectivity index (χ1v) is 12.2. The molecule has 1 aliphatic rings. The fourth-order valence-electron chi connectivity index (χ4n) is 5.18. The van der Waals surface area contributed by atoms with Crippen LogP contribution >= 0.6 is 0 Å². The number of rotatable bonds is 3. The number of aryl methyl sites for hydroxylation is 2. The molecule has 0 spiro atoms. The molecule has 0 unspecified atom stereocenters. The summed E-state index contributed by atoms with van der Waals surface area (Å²) in [6, 6.07) is 7.19. The number of aromatic nitrogens is 5. The maximum Gasteiger partial charge on any atom is 0.219 e. The Morgan fingerprint density at radius 3 is 2.39 bits per heavy atom. The van der Waals surface area contributed by atoms with E-state index in [4.69, 9.17) is 5.10 Å². The minimum absolute atomic E-state index is 0.00983. The Labute approximate surface area is 215 Å². The van der Waals surface area contributed by atoms with E-state index in [2.05, 4.69) is 15.0 Å². The largest absolute Gasteiger partial charge is 0.353 e. The second-order valence-corrected chi connectivity index (χ2v) is 9.53. The SMILES string of the molecule is CC(=O)N1CCN(c2ccc(-n3nc(-c4c(F)cc(F)c5nn(C)cc45)c4cc(F)cc(C)c43)cn2)CC1. The first-order chi connectivity index (χ1) is 18.2. The van der Waals surface area contributed by atoms with Gasteiger partial charge in [-0.05, 0) is 36.8 Å². The molecule has 0 radical (unpaired) electrons. The lowest BCUT2D eigenvalue weighted by atomic mass is 10.0. The summed E-state index contributed by atoms with van der Waals surface area (Å²) in [6.45, 7) is 5.92. The maximum atomic E-state index is 15.3. The molecular formula is C27H24F3N7O. The predicted molar refractivity (Wildman–Crippen MR) is 138 cm³/mol. The maximum absolute atomic E-state index is 15.3. The van der Waals surface area contributed by atoms with Gasteiger partial charge in [-0.2, -0.15) is 10.2 Å². The van der Waals surface area contributed by atoms with Gasteiger partial charge < -0.3 is 9.80 Å². The number of halogens is 3. The summed E-state index contributed by atoms with van der Waals surface area (Å²) in [5, 5.41) is 9.46. The van der Waals surface area contributed by atoms with Crippen LogP contribution in [-0.4, -0.2) is 61.5 Å². The minimum atomic E-state index is -0.811. The molecular weight excluding hydrogens is 495 g/mol. The summed E-state index contributed by atoms with van der Waals surface area (Å²) in [4.78, 5) is 20.1. The second-order valence-electron chi connectivity index (χ2n) is 9.53. The number of fused-ring (bicyclic) bond motifs is 2. The third kappa shape index (κ3) is 3.85. The van der Waals surface area contributed by atoms with Gasteiger partial charge in [-0.25, -0.2) is 22.8 Å². The van der Waals surface area contributed by atoms with E-state index in [0.29, 0.717) is 48.3 Å². The van der Waals surface area contributed by atoms with Gasteiger partial charge in [-0.1, -0.05) is 0 Å². The number of piperazine rings is 1. The molecule has 6 rings (SSSR count). The monoisotopic (exact) mass is 519 g/mol. The Bertz CT molecular complexity index is 1720. The summed E-state index contributed by atoms with van der Waals surface area (Å²) in [7, 11) is 1.62. The number of benzene rings is 2. The normalized spacial score (nSPS) is 14.2. The number of nitrogens with zero attached hydrogens (tertiary/aromatic N) is 7. The minimum Gasteiger partial charge on any atom is -0.353 e. The van der Waals surface area contributed by atoms with Crippen LogP contribution in [0.25, 0.3) is 38.8 Å². The highest BCUT2D eigenvalue weighted by Crippen LogP contribution is 2.38. The average molecular weight is 520 g/mol. The molecule has 3 aromatic heterocycles. The van der Waals surface area contributed by atoms with E-state index in [-0.39, 0.29) is 28.1 Å². The quantitative estimate of drug-likeness (QED) is 0.354. The number of carbonyl (C=O) groups is 1. The van der Waals surface area contributed by atoms with Crippen LogP contribution in [-0.2, 0) is 11.8 Å². The second kappa shape index (κ2) is 8.86. The van der Waals surface area contributed by atoms with Gasteiger partial charge in [-0.3, -0.25) is 9.48 Å². The summed E-state index contributed by atoms with van der Waals surface area (Å²) < 4.78 is 47.4. The van der Waals surface area contributed by atoms with Crippen molar-refractivity contribution in [1.29, 1.82) is 0 Å². The topological polar surface area (TPSA) is 72.1 Å². The van der Waals surface area contributed by atoms with Crippen molar-refractivity contribution >= 4 is 33.5 Å². The number of hydrogen-bond acceptors (Lipinski definition) is 5. The Balaban J connectivity index is 1.47. The average Bonchev–Trinajstić information content (AvgIpc) is 3.45.